The molecular weight excluding hydrogens is 380 g/mol. The molecule has 2 rings (SSSR count). The van der Waals surface area contributed by atoms with Crippen molar-refractivity contribution in [3.05, 3.63) is 57.5 Å². The summed E-state index contributed by atoms with van der Waals surface area (Å²) in [5.74, 6) is -0.354. The second kappa shape index (κ2) is 6.15. The Balaban J connectivity index is 2.24. The van der Waals surface area contributed by atoms with Crippen LogP contribution in [0.15, 0.2) is 51.8 Å². The zero-order valence-electron chi connectivity index (χ0n) is 10.5. The highest BCUT2D eigenvalue weighted by molar-refractivity contribution is 9.10. The van der Waals surface area contributed by atoms with Crippen LogP contribution in [0.3, 0.4) is 0 Å². The van der Waals surface area contributed by atoms with E-state index in [9.17, 15) is 13.2 Å². The van der Waals surface area contributed by atoms with Crippen LogP contribution in [0.1, 0.15) is 10.4 Å². The van der Waals surface area contributed by atoms with Crippen LogP contribution in [0.4, 0.5) is 5.69 Å². The maximum Gasteiger partial charge on any atom is 0.255 e. The lowest BCUT2D eigenvalue weighted by atomic mass is 10.2. The first-order valence-corrected chi connectivity index (χ1v) is 8.38. The van der Waals surface area contributed by atoms with Crippen LogP contribution in [-0.4, -0.2) is 14.3 Å². The van der Waals surface area contributed by atoms with Crippen molar-refractivity contribution in [2.24, 2.45) is 5.14 Å². The minimum absolute atomic E-state index is 0.0898. The van der Waals surface area contributed by atoms with E-state index in [2.05, 4.69) is 21.2 Å². The van der Waals surface area contributed by atoms with Crippen LogP contribution < -0.4 is 10.5 Å². The number of sulfonamides is 1. The summed E-state index contributed by atoms with van der Waals surface area (Å²) in [7, 11) is -3.83. The van der Waals surface area contributed by atoms with Crippen LogP contribution in [0, 0.1) is 0 Å². The molecule has 21 heavy (non-hydrogen) atoms. The Morgan fingerprint density at radius 1 is 1.14 bits per heavy atom. The molecule has 0 atom stereocenters. The zero-order valence-corrected chi connectivity index (χ0v) is 13.7. The number of hydrogen-bond acceptors (Lipinski definition) is 3. The van der Waals surface area contributed by atoms with Crippen molar-refractivity contribution in [2.45, 2.75) is 4.90 Å². The molecule has 0 aromatic heterocycles. The summed E-state index contributed by atoms with van der Waals surface area (Å²) in [5.41, 5.74) is 0.752. The van der Waals surface area contributed by atoms with E-state index in [1.54, 1.807) is 24.3 Å². The van der Waals surface area contributed by atoms with Gasteiger partial charge in [0.2, 0.25) is 10.0 Å². The Hall–Kier alpha value is -1.41. The van der Waals surface area contributed by atoms with Crippen molar-refractivity contribution in [3.8, 4) is 0 Å². The molecule has 0 saturated heterocycles. The standard InChI is InChI=1S/C13H10BrClN2O3S/c14-9-3-1-8(2-4-9)13(18)17-12-6-5-10(7-11(12)15)21(16,19)20/h1-7H,(H,17,18)(H2,16,19,20). The lowest BCUT2D eigenvalue weighted by Gasteiger charge is -2.08. The third kappa shape index (κ3) is 4.04. The van der Waals surface area contributed by atoms with Crippen molar-refractivity contribution < 1.29 is 13.2 Å². The molecule has 0 bridgehead atoms. The molecule has 2 aromatic carbocycles. The predicted molar refractivity (Wildman–Crippen MR) is 84.9 cm³/mol. The average Bonchev–Trinajstić information content (AvgIpc) is 2.40. The maximum absolute atomic E-state index is 12.0. The quantitative estimate of drug-likeness (QED) is 0.845. The van der Waals surface area contributed by atoms with E-state index in [0.29, 0.717) is 11.3 Å². The van der Waals surface area contributed by atoms with Gasteiger partial charge in [-0.3, -0.25) is 4.79 Å². The molecule has 0 fully saturated rings. The fraction of sp³-hybridized carbons (Fsp3) is 0. The molecule has 0 aliphatic carbocycles. The van der Waals surface area contributed by atoms with Crippen LogP contribution >= 0.6 is 27.5 Å². The molecule has 0 aliphatic heterocycles. The highest BCUT2D eigenvalue weighted by Gasteiger charge is 2.13. The Bertz CT molecular complexity index is 792. The number of anilines is 1. The first kappa shape index (κ1) is 16.0. The number of hydrogen-bond donors (Lipinski definition) is 2. The van der Waals surface area contributed by atoms with Crippen LogP contribution in [-0.2, 0) is 10.0 Å². The minimum Gasteiger partial charge on any atom is -0.321 e. The van der Waals surface area contributed by atoms with Crippen molar-refractivity contribution in [1.29, 1.82) is 0 Å². The molecule has 5 nitrogen and oxygen atoms in total. The van der Waals surface area contributed by atoms with Gasteiger partial charge in [0.15, 0.2) is 0 Å². The molecule has 0 radical (unpaired) electrons. The van der Waals surface area contributed by atoms with Gasteiger partial charge in [0, 0.05) is 10.0 Å². The van der Waals surface area contributed by atoms with Gasteiger partial charge in [0.1, 0.15) is 0 Å². The number of nitrogens with one attached hydrogen (secondary N) is 1. The summed E-state index contributed by atoms with van der Waals surface area (Å²) < 4.78 is 23.3. The van der Waals surface area contributed by atoms with E-state index in [1.807, 2.05) is 0 Å². The van der Waals surface area contributed by atoms with E-state index in [0.717, 1.165) is 4.47 Å². The van der Waals surface area contributed by atoms with Gasteiger partial charge in [-0.2, -0.15) is 0 Å². The predicted octanol–water partition coefficient (Wildman–Crippen LogP) is 3.00. The first-order chi connectivity index (χ1) is 9.77. The number of benzene rings is 2. The molecule has 0 spiro atoms. The number of halogens is 2. The van der Waals surface area contributed by atoms with Gasteiger partial charge in [-0.05, 0) is 42.5 Å². The second-order valence-electron chi connectivity index (χ2n) is 4.15. The summed E-state index contributed by atoms with van der Waals surface area (Å²) in [6, 6.07) is 10.6. The molecule has 0 heterocycles. The van der Waals surface area contributed by atoms with Gasteiger partial charge in [-0.15, -0.1) is 0 Å². The van der Waals surface area contributed by atoms with Crippen LogP contribution in [0.5, 0.6) is 0 Å². The number of rotatable bonds is 3. The minimum atomic E-state index is -3.83. The highest BCUT2D eigenvalue weighted by Crippen LogP contribution is 2.25. The fourth-order valence-electron chi connectivity index (χ4n) is 1.57. The van der Waals surface area contributed by atoms with Gasteiger partial charge >= 0.3 is 0 Å². The molecule has 110 valence electrons. The normalized spacial score (nSPS) is 11.2. The lowest BCUT2D eigenvalue weighted by molar-refractivity contribution is 0.102. The Morgan fingerprint density at radius 2 is 1.76 bits per heavy atom. The molecule has 0 unspecified atom stereocenters. The summed E-state index contributed by atoms with van der Waals surface area (Å²) in [6.45, 7) is 0. The third-order valence-electron chi connectivity index (χ3n) is 2.62. The number of carbonyl (C=O) groups is 1. The number of carbonyl (C=O) groups excluding carboxylic acids is 1. The Labute approximate surface area is 135 Å². The van der Waals surface area contributed by atoms with Crippen molar-refractivity contribution in [3.63, 3.8) is 0 Å². The first-order valence-electron chi connectivity index (χ1n) is 5.66. The van der Waals surface area contributed by atoms with Crippen molar-refractivity contribution in [1.82, 2.24) is 0 Å². The van der Waals surface area contributed by atoms with Crippen LogP contribution in [0.25, 0.3) is 0 Å². The van der Waals surface area contributed by atoms with Gasteiger partial charge in [-0.1, -0.05) is 27.5 Å². The smallest absolute Gasteiger partial charge is 0.255 e. The zero-order chi connectivity index (χ0) is 15.6. The SMILES string of the molecule is NS(=O)(=O)c1ccc(NC(=O)c2ccc(Br)cc2)c(Cl)c1. The van der Waals surface area contributed by atoms with Crippen LogP contribution in [0.2, 0.25) is 5.02 Å². The molecule has 0 aliphatic rings. The number of primary sulfonamides is 1. The summed E-state index contributed by atoms with van der Waals surface area (Å²) >= 11 is 9.23. The van der Waals surface area contributed by atoms with E-state index >= 15 is 0 Å². The molecule has 3 N–H and O–H groups in total. The molecule has 1 amide bonds. The van der Waals surface area contributed by atoms with Crippen molar-refractivity contribution in [2.75, 3.05) is 5.32 Å². The Kier molecular flexibility index (Phi) is 4.67. The van der Waals surface area contributed by atoms with E-state index in [4.69, 9.17) is 16.7 Å². The highest BCUT2D eigenvalue weighted by atomic mass is 79.9. The summed E-state index contributed by atoms with van der Waals surface area (Å²) in [5, 5.41) is 7.70. The maximum atomic E-state index is 12.0. The van der Waals surface area contributed by atoms with Gasteiger partial charge < -0.3 is 5.32 Å². The molecule has 8 heteroatoms. The average molecular weight is 390 g/mol. The number of nitrogens with two attached hydrogens (primary N) is 1. The monoisotopic (exact) mass is 388 g/mol. The van der Waals surface area contributed by atoms with Gasteiger partial charge in [0.25, 0.3) is 5.91 Å². The summed E-state index contributed by atoms with van der Waals surface area (Å²) in [4.78, 5) is 11.9. The van der Waals surface area contributed by atoms with E-state index < -0.39 is 10.0 Å². The van der Waals surface area contributed by atoms with E-state index in [1.165, 1.54) is 18.2 Å². The number of amides is 1. The fourth-order valence-corrected chi connectivity index (χ4v) is 2.67. The second-order valence-corrected chi connectivity index (χ2v) is 7.03. The van der Waals surface area contributed by atoms with Gasteiger partial charge in [-0.25, -0.2) is 13.6 Å². The van der Waals surface area contributed by atoms with Gasteiger partial charge in [0.05, 0.1) is 15.6 Å². The molecule has 0 saturated carbocycles. The molecular formula is C13H10BrClN2O3S. The van der Waals surface area contributed by atoms with Crippen molar-refractivity contribution >= 4 is 49.1 Å². The Morgan fingerprint density at radius 3 is 2.29 bits per heavy atom. The molecule has 2 aromatic rings. The largest absolute Gasteiger partial charge is 0.321 e. The topological polar surface area (TPSA) is 89.3 Å². The summed E-state index contributed by atoms with van der Waals surface area (Å²) in [6.07, 6.45) is 0. The lowest BCUT2D eigenvalue weighted by Crippen LogP contribution is -2.14. The van der Waals surface area contributed by atoms with E-state index in [-0.39, 0.29) is 15.8 Å². The third-order valence-corrected chi connectivity index (χ3v) is 4.38.